The largest absolute Gasteiger partial charge is 0.461 e. The van der Waals surface area contributed by atoms with Gasteiger partial charge in [0, 0.05) is 31.9 Å². The Hall–Kier alpha value is -2.44. The maximum absolute atomic E-state index is 12.3. The summed E-state index contributed by atoms with van der Waals surface area (Å²) in [5, 5.41) is 3.00. The van der Waals surface area contributed by atoms with E-state index in [2.05, 4.69) is 15.1 Å². The number of nitrogens with one attached hydrogen (secondary N) is 1. The van der Waals surface area contributed by atoms with Gasteiger partial charge in [-0.25, -0.2) is 0 Å². The Morgan fingerprint density at radius 3 is 2.35 bits per heavy atom. The van der Waals surface area contributed by atoms with Crippen molar-refractivity contribution >= 4 is 17.4 Å². The molecule has 1 aromatic heterocycles. The number of carbonyl (C=O) groups excluding carboxylic acids is 2. The van der Waals surface area contributed by atoms with Crippen molar-refractivity contribution in [1.29, 1.82) is 0 Å². The van der Waals surface area contributed by atoms with E-state index in [-0.39, 0.29) is 11.7 Å². The first-order valence-electron chi connectivity index (χ1n) is 8.90. The molecule has 1 amide bonds. The molecule has 0 atom stereocenters. The summed E-state index contributed by atoms with van der Waals surface area (Å²) in [6.07, 6.45) is 1.51. The van der Waals surface area contributed by atoms with Gasteiger partial charge in [-0.3, -0.25) is 19.4 Å². The van der Waals surface area contributed by atoms with E-state index in [4.69, 9.17) is 4.42 Å². The number of Topliss-reactive ketones (excluding diaryl/α,β-unsaturated/α-hetero) is 1. The second-order valence-corrected chi connectivity index (χ2v) is 6.75. The summed E-state index contributed by atoms with van der Waals surface area (Å²) in [5.74, 6) is 0.398. The number of anilines is 1. The summed E-state index contributed by atoms with van der Waals surface area (Å²) in [4.78, 5) is 28.6. The van der Waals surface area contributed by atoms with E-state index in [1.807, 2.05) is 32.0 Å². The van der Waals surface area contributed by atoms with Crippen LogP contribution in [-0.2, 0) is 4.79 Å². The molecule has 1 aliphatic heterocycles. The van der Waals surface area contributed by atoms with Crippen molar-refractivity contribution in [3.8, 4) is 0 Å². The van der Waals surface area contributed by atoms with Crippen molar-refractivity contribution in [1.82, 2.24) is 9.80 Å². The molecule has 1 fully saturated rings. The van der Waals surface area contributed by atoms with Gasteiger partial charge < -0.3 is 9.73 Å². The molecular formula is C20H25N3O3. The number of hydrogen-bond acceptors (Lipinski definition) is 5. The number of carbonyl (C=O) groups is 2. The molecule has 1 saturated heterocycles. The highest BCUT2D eigenvalue weighted by atomic mass is 16.3. The van der Waals surface area contributed by atoms with E-state index >= 15 is 0 Å². The van der Waals surface area contributed by atoms with Gasteiger partial charge in [-0.2, -0.15) is 0 Å². The van der Waals surface area contributed by atoms with Gasteiger partial charge in [0.05, 0.1) is 19.4 Å². The second-order valence-electron chi connectivity index (χ2n) is 6.75. The lowest BCUT2D eigenvalue weighted by atomic mass is 10.1. The van der Waals surface area contributed by atoms with E-state index < -0.39 is 0 Å². The summed E-state index contributed by atoms with van der Waals surface area (Å²) in [5.41, 5.74) is 3.14. The van der Waals surface area contributed by atoms with Gasteiger partial charge in [0.1, 0.15) is 0 Å². The van der Waals surface area contributed by atoms with Crippen molar-refractivity contribution in [2.45, 2.75) is 13.8 Å². The molecule has 0 aliphatic carbocycles. The predicted molar refractivity (Wildman–Crippen MR) is 100 cm³/mol. The summed E-state index contributed by atoms with van der Waals surface area (Å²) in [6.45, 7) is 7.85. The molecule has 0 radical (unpaired) electrons. The first kappa shape index (κ1) is 18.4. The number of aryl methyl sites for hydroxylation is 1. The van der Waals surface area contributed by atoms with E-state index in [1.54, 1.807) is 12.1 Å². The van der Waals surface area contributed by atoms with E-state index in [0.717, 1.165) is 43.0 Å². The van der Waals surface area contributed by atoms with Gasteiger partial charge in [0.15, 0.2) is 5.76 Å². The Kier molecular flexibility index (Phi) is 5.85. The van der Waals surface area contributed by atoms with Gasteiger partial charge in [-0.1, -0.05) is 12.1 Å². The molecule has 2 heterocycles. The minimum atomic E-state index is -0.00360. The van der Waals surface area contributed by atoms with Crippen molar-refractivity contribution < 1.29 is 14.0 Å². The lowest BCUT2D eigenvalue weighted by Gasteiger charge is -2.33. The highest BCUT2D eigenvalue weighted by molar-refractivity contribution is 5.95. The number of hydrogen-bond donors (Lipinski definition) is 1. The SMILES string of the molecule is Cc1cccc(NC(=O)CN2CCN(CC(=O)c3ccco3)CC2)c1C. The van der Waals surface area contributed by atoms with Crippen molar-refractivity contribution in [3.05, 3.63) is 53.5 Å². The molecular weight excluding hydrogens is 330 g/mol. The third kappa shape index (κ3) is 4.59. The maximum atomic E-state index is 12.3. The van der Waals surface area contributed by atoms with Crippen LogP contribution in [0.3, 0.4) is 0 Å². The minimum absolute atomic E-state index is 0.00110. The molecule has 1 N–H and O–H groups in total. The lowest BCUT2D eigenvalue weighted by Crippen LogP contribution is -2.49. The monoisotopic (exact) mass is 355 g/mol. The summed E-state index contributed by atoms with van der Waals surface area (Å²) in [7, 11) is 0. The zero-order valence-corrected chi connectivity index (χ0v) is 15.3. The standard InChI is InChI=1S/C20H25N3O3/c1-15-5-3-6-17(16(15)2)21-20(25)14-23-10-8-22(9-11-23)13-18(24)19-7-4-12-26-19/h3-7,12H,8-11,13-14H2,1-2H3,(H,21,25). The topological polar surface area (TPSA) is 65.8 Å². The Morgan fingerprint density at radius 1 is 1.00 bits per heavy atom. The molecule has 6 heteroatoms. The van der Waals surface area contributed by atoms with Crippen molar-refractivity contribution in [2.24, 2.45) is 0 Å². The third-order valence-corrected chi connectivity index (χ3v) is 4.87. The van der Waals surface area contributed by atoms with Crippen LogP contribution in [0.5, 0.6) is 0 Å². The molecule has 0 spiro atoms. The fourth-order valence-electron chi connectivity index (χ4n) is 3.10. The highest BCUT2D eigenvalue weighted by Gasteiger charge is 2.22. The van der Waals surface area contributed by atoms with Crippen LogP contribution in [0.15, 0.2) is 41.0 Å². The van der Waals surface area contributed by atoms with Crippen LogP contribution in [0, 0.1) is 13.8 Å². The molecule has 26 heavy (non-hydrogen) atoms. The average Bonchev–Trinajstić information content (AvgIpc) is 3.15. The predicted octanol–water partition coefficient (Wildman–Crippen LogP) is 2.34. The number of furan rings is 1. The maximum Gasteiger partial charge on any atom is 0.238 e. The number of ketones is 1. The van der Waals surface area contributed by atoms with Crippen LogP contribution < -0.4 is 5.32 Å². The fraction of sp³-hybridized carbons (Fsp3) is 0.400. The smallest absolute Gasteiger partial charge is 0.238 e. The van der Waals surface area contributed by atoms with Gasteiger partial charge in [0.25, 0.3) is 0 Å². The van der Waals surface area contributed by atoms with Crippen molar-refractivity contribution in [2.75, 3.05) is 44.6 Å². The summed E-state index contributed by atoms with van der Waals surface area (Å²) in [6, 6.07) is 9.33. The molecule has 2 aromatic rings. The zero-order chi connectivity index (χ0) is 18.5. The number of rotatable bonds is 6. The van der Waals surface area contributed by atoms with Crippen LogP contribution in [0.2, 0.25) is 0 Å². The molecule has 6 nitrogen and oxygen atoms in total. The number of piperazine rings is 1. The van der Waals surface area contributed by atoms with E-state index in [0.29, 0.717) is 18.8 Å². The summed E-state index contributed by atoms with van der Waals surface area (Å²) >= 11 is 0. The first-order chi connectivity index (χ1) is 12.5. The Bertz CT molecular complexity index is 763. The molecule has 1 aromatic carbocycles. The minimum Gasteiger partial charge on any atom is -0.461 e. The fourth-order valence-corrected chi connectivity index (χ4v) is 3.10. The van der Waals surface area contributed by atoms with Gasteiger partial charge >= 0.3 is 0 Å². The third-order valence-electron chi connectivity index (χ3n) is 4.87. The number of benzene rings is 1. The molecule has 138 valence electrons. The van der Waals surface area contributed by atoms with Crippen LogP contribution >= 0.6 is 0 Å². The van der Waals surface area contributed by atoms with Crippen LogP contribution in [0.4, 0.5) is 5.69 Å². The molecule has 0 unspecified atom stereocenters. The van der Waals surface area contributed by atoms with Gasteiger partial charge in [-0.05, 0) is 43.2 Å². The lowest BCUT2D eigenvalue weighted by molar-refractivity contribution is -0.117. The summed E-state index contributed by atoms with van der Waals surface area (Å²) < 4.78 is 5.15. The second kappa shape index (κ2) is 8.29. The quantitative estimate of drug-likeness (QED) is 0.806. The Morgan fingerprint density at radius 2 is 1.69 bits per heavy atom. The molecule has 3 rings (SSSR count). The highest BCUT2D eigenvalue weighted by Crippen LogP contribution is 2.18. The Labute approximate surface area is 153 Å². The van der Waals surface area contributed by atoms with Crippen LogP contribution in [0.25, 0.3) is 0 Å². The van der Waals surface area contributed by atoms with E-state index in [9.17, 15) is 9.59 Å². The van der Waals surface area contributed by atoms with E-state index in [1.165, 1.54) is 6.26 Å². The van der Waals surface area contributed by atoms with Crippen LogP contribution in [0.1, 0.15) is 21.7 Å². The Balaban J connectivity index is 1.44. The number of nitrogens with zero attached hydrogens (tertiary/aromatic N) is 2. The van der Waals surface area contributed by atoms with Gasteiger partial charge in [-0.15, -0.1) is 0 Å². The normalized spacial score (nSPS) is 15.8. The van der Waals surface area contributed by atoms with Crippen LogP contribution in [-0.4, -0.2) is 60.8 Å². The molecule has 0 saturated carbocycles. The molecule has 1 aliphatic rings. The first-order valence-corrected chi connectivity index (χ1v) is 8.90. The molecule has 0 bridgehead atoms. The van der Waals surface area contributed by atoms with Crippen molar-refractivity contribution in [3.63, 3.8) is 0 Å². The zero-order valence-electron chi connectivity index (χ0n) is 15.3. The average molecular weight is 355 g/mol. The number of amides is 1. The van der Waals surface area contributed by atoms with Gasteiger partial charge in [0.2, 0.25) is 11.7 Å².